The predicted octanol–water partition coefficient (Wildman–Crippen LogP) is 1.36. The molecule has 0 radical (unpaired) electrons. The summed E-state index contributed by atoms with van der Waals surface area (Å²) in [6.07, 6.45) is 9.65. The maximum absolute atomic E-state index is 12.3. The zero-order valence-corrected chi connectivity index (χ0v) is 16.0. The molecule has 0 spiro atoms. The summed E-state index contributed by atoms with van der Waals surface area (Å²) in [5.74, 6) is 0.682. The van der Waals surface area contributed by atoms with Gasteiger partial charge in [0.15, 0.2) is 5.69 Å². The molecule has 1 fully saturated rings. The van der Waals surface area contributed by atoms with E-state index in [0.29, 0.717) is 24.1 Å². The molecule has 4 rings (SSSR count). The lowest BCUT2D eigenvalue weighted by atomic mass is 10.0. The highest BCUT2D eigenvalue weighted by atomic mass is 16.1. The number of likely N-dealkylation sites (tertiary alicyclic amines) is 1. The number of hydrogen-bond donors (Lipinski definition) is 1. The largest absolute Gasteiger partial charge is 0.367 e. The average molecular weight is 379 g/mol. The van der Waals surface area contributed by atoms with Crippen molar-refractivity contribution < 1.29 is 0 Å². The summed E-state index contributed by atoms with van der Waals surface area (Å²) in [7, 11) is 0. The highest BCUT2D eigenvalue weighted by Gasteiger charge is 2.23. The molecule has 1 saturated heterocycles. The summed E-state index contributed by atoms with van der Waals surface area (Å²) in [5.41, 5.74) is 2.55. The van der Waals surface area contributed by atoms with Crippen molar-refractivity contribution in [1.29, 1.82) is 5.26 Å². The predicted molar refractivity (Wildman–Crippen MR) is 105 cm³/mol. The van der Waals surface area contributed by atoms with Crippen LogP contribution in [0.5, 0.6) is 0 Å². The van der Waals surface area contributed by atoms with Gasteiger partial charge in [0.1, 0.15) is 11.9 Å². The van der Waals surface area contributed by atoms with Gasteiger partial charge in [-0.05, 0) is 44.2 Å². The minimum atomic E-state index is 0.0141. The van der Waals surface area contributed by atoms with Crippen molar-refractivity contribution in [3.8, 4) is 6.07 Å². The van der Waals surface area contributed by atoms with Crippen LogP contribution < -0.4 is 10.9 Å². The summed E-state index contributed by atoms with van der Waals surface area (Å²) >= 11 is 0. The number of fused-ring (bicyclic) bond motifs is 1. The van der Waals surface area contributed by atoms with Crippen LogP contribution in [0.15, 0.2) is 23.3 Å². The van der Waals surface area contributed by atoms with Gasteiger partial charge in [0, 0.05) is 25.2 Å². The molecule has 1 aliphatic carbocycles. The molecule has 0 amide bonds. The Balaban J connectivity index is 1.36. The molecule has 3 heterocycles. The first-order valence-electron chi connectivity index (χ1n) is 10.0. The van der Waals surface area contributed by atoms with E-state index in [2.05, 4.69) is 25.3 Å². The first-order chi connectivity index (χ1) is 13.7. The van der Waals surface area contributed by atoms with Gasteiger partial charge < -0.3 is 5.32 Å². The molecular formula is C20H25N7O. The van der Waals surface area contributed by atoms with Gasteiger partial charge in [-0.3, -0.25) is 9.69 Å². The second-order valence-corrected chi connectivity index (χ2v) is 7.50. The summed E-state index contributed by atoms with van der Waals surface area (Å²) < 4.78 is 1.63. The number of aryl methyl sites for hydroxylation is 2. The molecular weight excluding hydrogens is 354 g/mol. The van der Waals surface area contributed by atoms with Gasteiger partial charge in [-0.25, -0.2) is 14.6 Å². The second kappa shape index (κ2) is 8.48. The standard InChI is InChI=1S/C20H25N7O/c21-11-16-12-23-19(14-22-16)24-13-17-5-1-2-7-26(17)8-9-27-20(28)10-15-4-3-6-18(15)25-27/h10,12,14,17H,1-9,13H2,(H,23,24). The third kappa shape index (κ3) is 4.20. The molecule has 0 aromatic carbocycles. The molecule has 8 nitrogen and oxygen atoms in total. The zero-order valence-electron chi connectivity index (χ0n) is 16.0. The van der Waals surface area contributed by atoms with E-state index in [1.807, 2.05) is 6.07 Å². The monoisotopic (exact) mass is 379 g/mol. The molecule has 2 aromatic heterocycles. The second-order valence-electron chi connectivity index (χ2n) is 7.50. The molecule has 2 aliphatic rings. The van der Waals surface area contributed by atoms with E-state index in [-0.39, 0.29) is 5.56 Å². The van der Waals surface area contributed by atoms with Crippen molar-refractivity contribution >= 4 is 5.82 Å². The van der Waals surface area contributed by atoms with Crippen molar-refractivity contribution in [2.75, 3.05) is 25.0 Å². The molecule has 1 unspecified atom stereocenters. The third-order valence-corrected chi connectivity index (χ3v) is 5.66. The lowest BCUT2D eigenvalue weighted by Gasteiger charge is -2.35. The van der Waals surface area contributed by atoms with Crippen molar-refractivity contribution in [3.63, 3.8) is 0 Å². The Morgan fingerprint density at radius 2 is 2.11 bits per heavy atom. The molecule has 1 aliphatic heterocycles. The van der Waals surface area contributed by atoms with E-state index in [1.54, 1.807) is 16.9 Å². The maximum atomic E-state index is 12.3. The third-order valence-electron chi connectivity index (χ3n) is 5.66. The number of hydrogen-bond acceptors (Lipinski definition) is 7. The van der Waals surface area contributed by atoms with Gasteiger partial charge in [-0.15, -0.1) is 0 Å². The Morgan fingerprint density at radius 1 is 1.18 bits per heavy atom. The van der Waals surface area contributed by atoms with Crippen LogP contribution in [-0.2, 0) is 19.4 Å². The summed E-state index contributed by atoms with van der Waals surface area (Å²) in [6.45, 7) is 3.24. The number of nitriles is 1. The Labute approximate surface area is 164 Å². The van der Waals surface area contributed by atoms with Gasteiger partial charge >= 0.3 is 0 Å². The van der Waals surface area contributed by atoms with Gasteiger partial charge in [-0.1, -0.05) is 6.42 Å². The molecule has 28 heavy (non-hydrogen) atoms. The fourth-order valence-corrected chi connectivity index (χ4v) is 4.11. The van der Waals surface area contributed by atoms with Crippen LogP contribution in [0.2, 0.25) is 0 Å². The van der Waals surface area contributed by atoms with E-state index >= 15 is 0 Å². The van der Waals surface area contributed by atoms with Gasteiger partial charge in [0.2, 0.25) is 0 Å². The molecule has 0 saturated carbocycles. The van der Waals surface area contributed by atoms with E-state index < -0.39 is 0 Å². The Bertz CT molecular complexity index is 916. The Hall–Kier alpha value is -2.79. The summed E-state index contributed by atoms with van der Waals surface area (Å²) in [6, 6.07) is 4.13. The van der Waals surface area contributed by atoms with Crippen LogP contribution in [0.4, 0.5) is 5.82 Å². The van der Waals surface area contributed by atoms with Crippen LogP contribution in [0.3, 0.4) is 0 Å². The van der Waals surface area contributed by atoms with E-state index in [9.17, 15) is 4.79 Å². The quantitative estimate of drug-likeness (QED) is 0.809. The number of nitrogens with one attached hydrogen (secondary N) is 1. The molecule has 0 bridgehead atoms. The van der Waals surface area contributed by atoms with Crippen LogP contribution >= 0.6 is 0 Å². The molecule has 146 valence electrons. The van der Waals surface area contributed by atoms with Crippen LogP contribution in [-0.4, -0.2) is 50.3 Å². The highest BCUT2D eigenvalue weighted by molar-refractivity contribution is 5.33. The minimum Gasteiger partial charge on any atom is -0.367 e. The van der Waals surface area contributed by atoms with Gasteiger partial charge in [0.25, 0.3) is 5.56 Å². The summed E-state index contributed by atoms with van der Waals surface area (Å²) in [5, 5.41) is 16.7. The topological polar surface area (TPSA) is 99.7 Å². The first kappa shape index (κ1) is 18.6. The van der Waals surface area contributed by atoms with Crippen molar-refractivity contribution in [1.82, 2.24) is 24.6 Å². The van der Waals surface area contributed by atoms with Crippen LogP contribution in [0.25, 0.3) is 0 Å². The van der Waals surface area contributed by atoms with Gasteiger partial charge in [-0.2, -0.15) is 10.4 Å². The fourth-order valence-electron chi connectivity index (χ4n) is 4.11. The van der Waals surface area contributed by atoms with Crippen molar-refractivity contribution in [3.05, 3.63) is 45.8 Å². The SMILES string of the molecule is N#Cc1cnc(NCC2CCCCN2CCn2nc3c(cc2=O)CCC3)cn1. The van der Waals surface area contributed by atoms with Gasteiger partial charge in [0.05, 0.1) is 24.6 Å². The highest BCUT2D eigenvalue weighted by Crippen LogP contribution is 2.19. The molecule has 8 heteroatoms. The van der Waals surface area contributed by atoms with Crippen LogP contribution in [0, 0.1) is 11.3 Å². The number of anilines is 1. The molecule has 1 atom stereocenters. The molecule has 2 aromatic rings. The number of nitrogens with zero attached hydrogens (tertiary/aromatic N) is 6. The zero-order chi connectivity index (χ0) is 19.3. The smallest absolute Gasteiger partial charge is 0.267 e. The Kier molecular flexibility index (Phi) is 5.63. The van der Waals surface area contributed by atoms with E-state index in [1.165, 1.54) is 19.0 Å². The van der Waals surface area contributed by atoms with E-state index in [4.69, 9.17) is 5.26 Å². The fraction of sp³-hybridized carbons (Fsp3) is 0.550. The molecule has 1 N–H and O–H groups in total. The normalized spacial score (nSPS) is 19.2. The Morgan fingerprint density at radius 3 is 2.93 bits per heavy atom. The number of piperidine rings is 1. The first-order valence-corrected chi connectivity index (χ1v) is 10.0. The van der Waals surface area contributed by atoms with E-state index in [0.717, 1.165) is 56.6 Å². The van der Waals surface area contributed by atoms with Crippen molar-refractivity contribution in [2.24, 2.45) is 0 Å². The lowest BCUT2D eigenvalue weighted by molar-refractivity contribution is 0.148. The van der Waals surface area contributed by atoms with Crippen molar-refractivity contribution in [2.45, 2.75) is 51.1 Å². The minimum absolute atomic E-state index is 0.0141. The average Bonchev–Trinajstić information content (AvgIpc) is 3.18. The lowest BCUT2D eigenvalue weighted by Crippen LogP contribution is -2.45. The number of aromatic nitrogens is 4. The maximum Gasteiger partial charge on any atom is 0.267 e. The summed E-state index contributed by atoms with van der Waals surface area (Å²) in [4.78, 5) is 23.0. The van der Waals surface area contributed by atoms with Crippen LogP contribution in [0.1, 0.15) is 42.6 Å². The number of rotatable bonds is 6.